The van der Waals surface area contributed by atoms with E-state index >= 15 is 0 Å². The molecule has 0 amide bonds. The number of fused-ring (bicyclic) bond motifs is 3. The quantitative estimate of drug-likeness (QED) is 0.684. The number of rotatable bonds is 5. The summed E-state index contributed by atoms with van der Waals surface area (Å²) in [5, 5.41) is 0. The van der Waals surface area contributed by atoms with Crippen LogP contribution < -0.4 is 9.47 Å². The molecule has 0 N–H and O–H groups in total. The number of hydrogen-bond acceptors (Lipinski definition) is 6. The Bertz CT molecular complexity index is 997. The lowest BCUT2D eigenvalue weighted by atomic mass is 9.79. The molecule has 2 aromatic carbocycles. The molecule has 0 saturated carbocycles. The number of methoxy groups -OCH3 is 2. The average molecular weight is 423 g/mol. The van der Waals surface area contributed by atoms with E-state index in [-0.39, 0.29) is 18.1 Å². The van der Waals surface area contributed by atoms with E-state index in [1.807, 2.05) is 44.2 Å². The minimum Gasteiger partial charge on any atom is -0.493 e. The largest absolute Gasteiger partial charge is 0.493 e. The van der Waals surface area contributed by atoms with Crippen molar-refractivity contribution in [2.75, 3.05) is 34.4 Å². The van der Waals surface area contributed by atoms with Crippen LogP contribution in [0.2, 0.25) is 0 Å². The van der Waals surface area contributed by atoms with Crippen molar-refractivity contribution >= 4 is 11.7 Å². The van der Waals surface area contributed by atoms with Crippen molar-refractivity contribution in [3.63, 3.8) is 0 Å². The molecule has 0 aliphatic carbocycles. The van der Waals surface area contributed by atoms with Crippen molar-refractivity contribution in [1.82, 2.24) is 4.90 Å². The van der Waals surface area contributed by atoms with Crippen LogP contribution in [0.4, 0.5) is 0 Å². The first-order chi connectivity index (χ1) is 14.9. The van der Waals surface area contributed by atoms with E-state index in [0.717, 1.165) is 42.1 Å². The SMILES string of the molecule is COc1cc2c(cc1OC)C1CN(C)CCC1N=C2c1ccc(C(=O)OC(C)C)cc1. The third kappa shape index (κ3) is 4.17. The summed E-state index contributed by atoms with van der Waals surface area (Å²) in [6, 6.07) is 11.9. The van der Waals surface area contributed by atoms with Crippen LogP contribution in [0.25, 0.3) is 0 Å². The highest BCUT2D eigenvalue weighted by Crippen LogP contribution is 2.42. The third-order valence-corrected chi connectivity index (χ3v) is 6.02. The van der Waals surface area contributed by atoms with E-state index in [9.17, 15) is 4.79 Å². The van der Waals surface area contributed by atoms with Crippen LogP contribution in [0.3, 0.4) is 0 Å². The van der Waals surface area contributed by atoms with Crippen LogP contribution in [-0.2, 0) is 4.74 Å². The number of benzene rings is 2. The van der Waals surface area contributed by atoms with Crippen LogP contribution in [0.15, 0.2) is 41.4 Å². The maximum Gasteiger partial charge on any atom is 0.338 e. The number of carbonyl (C=O) groups excluding carboxylic acids is 1. The summed E-state index contributed by atoms with van der Waals surface area (Å²) < 4.78 is 16.5. The van der Waals surface area contributed by atoms with Crippen LogP contribution in [0, 0.1) is 0 Å². The molecule has 0 aromatic heterocycles. The molecule has 2 aliphatic rings. The Kier molecular flexibility index (Phi) is 6.01. The van der Waals surface area contributed by atoms with Crippen LogP contribution in [-0.4, -0.2) is 63.1 Å². The summed E-state index contributed by atoms with van der Waals surface area (Å²) in [6.07, 6.45) is 0.864. The second-order valence-corrected chi connectivity index (χ2v) is 8.53. The fourth-order valence-electron chi connectivity index (χ4n) is 4.48. The molecule has 0 radical (unpaired) electrons. The third-order valence-electron chi connectivity index (χ3n) is 6.02. The zero-order valence-corrected chi connectivity index (χ0v) is 18.8. The normalized spacial score (nSPS) is 20.5. The standard InChI is InChI=1S/C25H30N2O4/c1-15(2)31-25(28)17-8-6-16(7-9-17)24-19-13-23(30-5)22(29-4)12-18(19)20-14-27(3)11-10-21(20)26-24/h6-9,12-13,15,20-21H,10-11,14H2,1-5H3. The molecule has 0 spiro atoms. The Balaban J connectivity index is 1.77. The molecule has 0 bridgehead atoms. The summed E-state index contributed by atoms with van der Waals surface area (Å²) in [7, 11) is 5.47. The van der Waals surface area contributed by atoms with Crippen molar-refractivity contribution in [2.24, 2.45) is 4.99 Å². The molecule has 2 heterocycles. The minimum atomic E-state index is -0.311. The number of aliphatic imine (C=N–C) groups is 1. The van der Waals surface area contributed by atoms with Crippen LogP contribution in [0.1, 0.15) is 53.2 Å². The molecular formula is C25H30N2O4. The molecule has 164 valence electrons. The number of carbonyl (C=O) groups is 1. The first kappa shape index (κ1) is 21.4. The van der Waals surface area contributed by atoms with Gasteiger partial charge in [-0.15, -0.1) is 0 Å². The predicted molar refractivity (Wildman–Crippen MR) is 121 cm³/mol. The van der Waals surface area contributed by atoms with E-state index < -0.39 is 0 Å². The number of hydrogen-bond donors (Lipinski definition) is 0. The van der Waals surface area contributed by atoms with Gasteiger partial charge in [0.15, 0.2) is 11.5 Å². The molecule has 1 fully saturated rings. The van der Waals surface area contributed by atoms with Gasteiger partial charge in [-0.3, -0.25) is 4.99 Å². The molecule has 6 nitrogen and oxygen atoms in total. The Morgan fingerprint density at radius 3 is 2.42 bits per heavy atom. The highest BCUT2D eigenvalue weighted by atomic mass is 16.5. The smallest absolute Gasteiger partial charge is 0.338 e. The first-order valence-corrected chi connectivity index (χ1v) is 10.7. The Labute approximate surface area is 183 Å². The molecule has 4 rings (SSSR count). The van der Waals surface area contributed by atoms with Gasteiger partial charge in [0, 0.05) is 23.6 Å². The molecule has 2 atom stereocenters. The van der Waals surface area contributed by atoms with Crippen molar-refractivity contribution in [2.45, 2.75) is 38.3 Å². The molecule has 2 aliphatic heterocycles. The zero-order valence-electron chi connectivity index (χ0n) is 18.8. The molecule has 1 saturated heterocycles. The van der Waals surface area contributed by atoms with Gasteiger partial charge in [0.2, 0.25) is 0 Å². The number of ether oxygens (including phenoxy) is 3. The van der Waals surface area contributed by atoms with Gasteiger partial charge in [0.05, 0.1) is 37.6 Å². The monoisotopic (exact) mass is 422 g/mol. The summed E-state index contributed by atoms with van der Waals surface area (Å²) in [6.45, 7) is 5.68. The van der Waals surface area contributed by atoms with E-state index in [0.29, 0.717) is 17.2 Å². The topological polar surface area (TPSA) is 60.4 Å². The lowest BCUT2D eigenvalue weighted by Crippen LogP contribution is -2.41. The van der Waals surface area contributed by atoms with Gasteiger partial charge in [-0.05, 0) is 63.7 Å². The fourth-order valence-corrected chi connectivity index (χ4v) is 4.48. The van der Waals surface area contributed by atoms with Gasteiger partial charge in [-0.25, -0.2) is 4.79 Å². The number of nitrogens with zero attached hydrogens (tertiary/aromatic N) is 2. The predicted octanol–water partition coefficient (Wildman–Crippen LogP) is 3.91. The lowest BCUT2D eigenvalue weighted by Gasteiger charge is -2.39. The number of likely N-dealkylation sites (tertiary alicyclic amines) is 1. The van der Waals surface area contributed by atoms with Crippen molar-refractivity contribution in [3.8, 4) is 11.5 Å². The lowest BCUT2D eigenvalue weighted by molar-refractivity contribution is 0.0378. The summed E-state index contributed by atoms with van der Waals surface area (Å²) >= 11 is 0. The van der Waals surface area contributed by atoms with Crippen molar-refractivity contribution in [1.29, 1.82) is 0 Å². The summed E-state index contributed by atoms with van der Waals surface area (Å²) in [4.78, 5) is 19.8. The maximum absolute atomic E-state index is 12.2. The molecule has 2 unspecified atom stereocenters. The highest BCUT2D eigenvalue weighted by molar-refractivity contribution is 6.15. The average Bonchev–Trinajstić information content (AvgIpc) is 2.77. The van der Waals surface area contributed by atoms with Gasteiger partial charge >= 0.3 is 5.97 Å². The minimum absolute atomic E-state index is 0.148. The number of likely N-dealkylation sites (N-methyl/N-ethyl adjacent to an activating group) is 1. The van der Waals surface area contributed by atoms with E-state index in [4.69, 9.17) is 19.2 Å². The second-order valence-electron chi connectivity index (χ2n) is 8.53. The number of piperidine rings is 1. The maximum atomic E-state index is 12.2. The highest BCUT2D eigenvalue weighted by Gasteiger charge is 2.36. The van der Waals surface area contributed by atoms with E-state index in [1.165, 1.54) is 5.56 Å². The Morgan fingerprint density at radius 1 is 1.10 bits per heavy atom. The number of esters is 1. The Morgan fingerprint density at radius 2 is 1.77 bits per heavy atom. The second kappa shape index (κ2) is 8.71. The van der Waals surface area contributed by atoms with Gasteiger partial charge in [0.1, 0.15) is 0 Å². The molecule has 6 heteroatoms. The van der Waals surface area contributed by atoms with Gasteiger partial charge in [0.25, 0.3) is 0 Å². The fraction of sp³-hybridized carbons (Fsp3) is 0.440. The van der Waals surface area contributed by atoms with Crippen LogP contribution >= 0.6 is 0 Å². The summed E-state index contributed by atoms with van der Waals surface area (Å²) in [5.41, 5.74) is 4.75. The molecule has 2 aromatic rings. The Hall–Kier alpha value is -2.86. The van der Waals surface area contributed by atoms with E-state index in [1.54, 1.807) is 14.2 Å². The summed E-state index contributed by atoms with van der Waals surface area (Å²) in [5.74, 6) is 1.43. The zero-order chi connectivity index (χ0) is 22.1. The molecule has 31 heavy (non-hydrogen) atoms. The van der Waals surface area contributed by atoms with Gasteiger partial charge < -0.3 is 19.1 Å². The first-order valence-electron chi connectivity index (χ1n) is 10.7. The van der Waals surface area contributed by atoms with Gasteiger partial charge in [-0.2, -0.15) is 0 Å². The van der Waals surface area contributed by atoms with E-state index in [2.05, 4.69) is 18.0 Å². The van der Waals surface area contributed by atoms with Gasteiger partial charge in [-0.1, -0.05) is 12.1 Å². The molecular weight excluding hydrogens is 392 g/mol. The van der Waals surface area contributed by atoms with Crippen LogP contribution in [0.5, 0.6) is 11.5 Å². The van der Waals surface area contributed by atoms with Crippen molar-refractivity contribution in [3.05, 3.63) is 58.7 Å². The van der Waals surface area contributed by atoms with Crippen molar-refractivity contribution < 1.29 is 19.0 Å².